The number of nitrogens with one attached hydrogen (secondary N) is 2. The van der Waals surface area contributed by atoms with E-state index in [1.165, 1.54) is 6.20 Å². The fraction of sp³-hybridized carbons (Fsp3) is 0.462. The Kier molecular flexibility index (Phi) is 3.27. The molecule has 3 rings (SSSR count). The van der Waals surface area contributed by atoms with Gasteiger partial charge in [-0.1, -0.05) is 0 Å². The summed E-state index contributed by atoms with van der Waals surface area (Å²) in [4.78, 5) is 15.6. The molecule has 0 saturated carbocycles. The van der Waals surface area contributed by atoms with Crippen LogP contribution in [0.15, 0.2) is 12.4 Å². The van der Waals surface area contributed by atoms with E-state index < -0.39 is 5.97 Å². The van der Waals surface area contributed by atoms with Crippen molar-refractivity contribution in [3.63, 3.8) is 0 Å². The number of rotatable bonds is 4. The van der Waals surface area contributed by atoms with Gasteiger partial charge in [0, 0.05) is 25.3 Å². The lowest BCUT2D eigenvalue weighted by Crippen LogP contribution is -2.23. The molecule has 7 nitrogen and oxygen atoms in total. The van der Waals surface area contributed by atoms with Crippen LogP contribution < -0.4 is 10.6 Å². The normalized spacial score (nSPS) is 18.6. The smallest absolute Gasteiger partial charge is 0.339 e. The molecule has 0 aromatic carbocycles. The second kappa shape index (κ2) is 5.09. The van der Waals surface area contributed by atoms with Crippen LogP contribution in [0.4, 0.5) is 5.69 Å². The van der Waals surface area contributed by atoms with E-state index in [0.29, 0.717) is 17.9 Å². The van der Waals surface area contributed by atoms with E-state index >= 15 is 0 Å². The lowest BCUT2D eigenvalue weighted by atomic mass is 10.1. The molecule has 1 saturated heterocycles. The molecule has 2 aromatic heterocycles. The Hall–Kier alpha value is -2.15. The summed E-state index contributed by atoms with van der Waals surface area (Å²) < 4.78 is 1.76. The number of aromatic carboxylic acids is 1. The minimum Gasteiger partial charge on any atom is -0.478 e. The van der Waals surface area contributed by atoms with Gasteiger partial charge in [0.2, 0.25) is 0 Å². The third-order valence-corrected chi connectivity index (χ3v) is 3.60. The summed E-state index contributed by atoms with van der Waals surface area (Å²) in [5, 5.41) is 21.0. The molecule has 0 radical (unpaired) electrons. The van der Waals surface area contributed by atoms with Crippen molar-refractivity contribution in [1.29, 1.82) is 0 Å². The molecular weight excluding hydrogens is 258 g/mol. The number of fused-ring (bicyclic) bond motifs is 1. The molecule has 106 valence electrons. The van der Waals surface area contributed by atoms with E-state index in [2.05, 4.69) is 20.7 Å². The number of pyridine rings is 1. The lowest BCUT2D eigenvalue weighted by molar-refractivity contribution is 0.0697. The van der Waals surface area contributed by atoms with E-state index in [1.54, 1.807) is 10.9 Å². The minimum absolute atomic E-state index is 0.194. The van der Waals surface area contributed by atoms with Crippen LogP contribution in [0.2, 0.25) is 0 Å². The highest BCUT2D eigenvalue weighted by Crippen LogP contribution is 2.27. The molecule has 7 heteroatoms. The van der Waals surface area contributed by atoms with Crippen molar-refractivity contribution in [1.82, 2.24) is 20.1 Å². The highest BCUT2D eigenvalue weighted by Gasteiger charge is 2.21. The average Bonchev–Trinajstić information content (AvgIpc) is 3.07. The highest BCUT2D eigenvalue weighted by molar-refractivity contribution is 6.03. The monoisotopic (exact) mass is 275 g/mol. The van der Waals surface area contributed by atoms with E-state index in [1.807, 2.05) is 6.92 Å². The number of carboxylic acid groups (broad SMARTS) is 1. The van der Waals surface area contributed by atoms with Gasteiger partial charge in [-0.05, 0) is 19.9 Å². The number of carbonyl (C=O) groups is 1. The zero-order valence-corrected chi connectivity index (χ0v) is 11.3. The number of aryl methyl sites for hydroxylation is 1. The average molecular weight is 275 g/mol. The predicted octanol–water partition coefficient (Wildman–Crippen LogP) is 0.923. The Bertz CT molecular complexity index is 645. The van der Waals surface area contributed by atoms with E-state index in [-0.39, 0.29) is 11.6 Å². The van der Waals surface area contributed by atoms with Crippen LogP contribution in [0.3, 0.4) is 0 Å². The molecule has 0 spiro atoms. The molecule has 0 unspecified atom stereocenters. The topological polar surface area (TPSA) is 92.1 Å². The Morgan fingerprint density at radius 1 is 1.60 bits per heavy atom. The summed E-state index contributed by atoms with van der Waals surface area (Å²) in [6.07, 6.45) is 4.07. The van der Waals surface area contributed by atoms with Crippen molar-refractivity contribution >= 4 is 22.7 Å². The van der Waals surface area contributed by atoms with Crippen LogP contribution in [0.25, 0.3) is 11.0 Å². The Labute approximate surface area is 116 Å². The SMILES string of the molecule is CCn1ncc2c(N[C@@H]3CCNC3)c(C(=O)O)cnc21. The molecule has 1 atom stereocenters. The number of hydrogen-bond acceptors (Lipinski definition) is 5. The maximum absolute atomic E-state index is 11.4. The second-order valence-corrected chi connectivity index (χ2v) is 4.88. The van der Waals surface area contributed by atoms with Gasteiger partial charge >= 0.3 is 5.97 Å². The lowest BCUT2D eigenvalue weighted by Gasteiger charge is -2.15. The highest BCUT2D eigenvalue weighted by atomic mass is 16.4. The van der Waals surface area contributed by atoms with Gasteiger partial charge in [-0.3, -0.25) is 0 Å². The van der Waals surface area contributed by atoms with Crippen molar-refractivity contribution in [3.8, 4) is 0 Å². The van der Waals surface area contributed by atoms with E-state index in [0.717, 1.165) is 24.9 Å². The van der Waals surface area contributed by atoms with Crippen molar-refractivity contribution in [2.24, 2.45) is 0 Å². The third kappa shape index (κ3) is 2.09. The first-order valence-electron chi connectivity index (χ1n) is 6.75. The van der Waals surface area contributed by atoms with Gasteiger partial charge in [-0.2, -0.15) is 5.10 Å². The molecule has 1 aliphatic heterocycles. The predicted molar refractivity (Wildman–Crippen MR) is 75.1 cm³/mol. The zero-order chi connectivity index (χ0) is 14.1. The van der Waals surface area contributed by atoms with E-state index in [9.17, 15) is 9.90 Å². The van der Waals surface area contributed by atoms with Gasteiger partial charge in [0.1, 0.15) is 5.56 Å². The van der Waals surface area contributed by atoms with Crippen LogP contribution in [-0.4, -0.2) is 45.0 Å². The maximum atomic E-state index is 11.4. The summed E-state index contributed by atoms with van der Waals surface area (Å²) in [6.45, 7) is 4.47. The van der Waals surface area contributed by atoms with Crippen LogP contribution in [-0.2, 0) is 6.54 Å². The van der Waals surface area contributed by atoms with Gasteiger partial charge in [0.05, 0.1) is 17.3 Å². The molecule has 2 aromatic rings. The van der Waals surface area contributed by atoms with Crippen molar-refractivity contribution in [2.75, 3.05) is 18.4 Å². The quantitative estimate of drug-likeness (QED) is 0.768. The molecule has 20 heavy (non-hydrogen) atoms. The van der Waals surface area contributed by atoms with Crippen LogP contribution in [0.1, 0.15) is 23.7 Å². The number of anilines is 1. The van der Waals surface area contributed by atoms with Crippen molar-refractivity contribution in [2.45, 2.75) is 25.9 Å². The van der Waals surface area contributed by atoms with Crippen LogP contribution in [0.5, 0.6) is 0 Å². The molecule has 1 aliphatic rings. The molecule has 0 amide bonds. The van der Waals surface area contributed by atoms with E-state index in [4.69, 9.17) is 0 Å². The summed E-state index contributed by atoms with van der Waals surface area (Å²) in [5.41, 5.74) is 1.53. The number of aromatic nitrogens is 3. The summed E-state index contributed by atoms with van der Waals surface area (Å²) in [6, 6.07) is 0.240. The first kappa shape index (κ1) is 12.9. The zero-order valence-electron chi connectivity index (χ0n) is 11.3. The summed E-state index contributed by atoms with van der Waals surface area (Å²) >= 11 is 0. The molecule has 1 fully saturated rings. The number of hydrogen-bond donors (Lipinski definition) is 3. The second-order valence-electron chi connectivity index (χ2n) is 4.88. The summed E-state index contributed by atoms with van der Waals surface area (Å²) in [7, 11) is 0. The number of nitrogens with zero attached hydrogens (tertiary/aromatic N) is 3. The Morgan fingerprint density at radius 2 is 2.45 bits per heavy atom. The minimum atomic E-state index is -0.975. The molecule has 0 aliphatic carbocycles. The van der Waals surface area contributed by atoms with Crippen molar-refractivity contribution in [3.05, 3.63) is 18.0 Å². The van der Waals surface area contributed by atoms with Gasteiger partial charge in [-0.15, -0.1) is 0 Å². The van der Waals surface area contributed by atoms with Gasteiger partial charge < -0.3 is 15.7 Å². The molecule has 3 heterocycles. The third-order valence-electron chi connectivity index (χ3n) is 3.60. The fourth-order valence-corrected chi connectivity index (χ4v) is 2.56. The van der Waals surface area contributed by atoms with Gasteiger partial charge in [0.25, 0.3) is 0 Å². The fourth-order valence-electron chi connectivity index (χ4n) is 2.56. The molecular formula is C13H17N5O2. The standard InChI is InChI=1S/C13H17N5O2/c1-2-18-12-9(7-16-18)11(10(6-15-12)13(19)20)17-8-3-4-14-5-8/h6-8,14H,2-5H2,1H3,(H,15,17)(H,19,20)/t8-/m1/s1. The Morgan fingerprint density at radius 3 is 3.10 bits per heavy atom. The maximum Gasteiger partial charge on any atom is 0.339 e. The van der Waals surface area contributed by atoms with Crippen LogP contribution in [0, 0.1) is 0 Å². The first-order valence-corrected chi connectivity index (χ1v) is 6.75. The first-order chi connectivity index (χ1) is 9.70. The molecule has 0 bridgehead atoms. The van der Waals surface area contributed by atoms with Crippen LogP contribution >= 0.6 is 0 Å². The molecule has 3 N–H and O–H groups in total. The number of carboxylic acids is 1. The largest absolute Gasteiger partial charge is 0.478 e. The van der Waals surface area contributed by atoms with Crippen molar-refractivity contribution < 1.29 is 9.90 Å². The Balaban J connectivity index is 2.10. The van der Waals surface area contributed by atoms with Gasteiger partial charge in [-0.25, -0.2) is 14.5 Å². The summed E-state index contributed by atoms with van der Waals surface area (Å²) in [5.74, 6) is -0.975. The van der Waals surface area contributed by atoms with Gasteiger partial charge in [0.15, 0.2) is 5.65 Å².